The maximum absolute atomic E-state index is 13.7. The number of hydrogen-bond acceptors (Lipinski definition) is 3. The van der Waals surface area contributed by atoms with E-state index in [1.165, 1.54) is 6.08 Å². The summed E-state index contributed by atoms with van der Waals surface area (Å²) in [6.07, 6.45) is 2.95. The van der Waals surface area contributed by atoms with Gasteiger partial charge < -0.3 is 0 Å². The molecule has 0 saturated carbocycles. The lowest BCUT2D eigenvalue weighted by Gasteiger charge is -2.20. The number of Topliss-reactive ketones (excluding diaryl/α,β-unsaturated/α-hetero) is 1. The monoisotopic (exact) mass is 281 g/mol. The second-order valence-electron chi connectivity index (χ2n) is 4.06. The van der Waals surface area contributed by atoms with Gasteiger partial charge in [0.05, 0.1) is 0 Å². The van der Waals surface area contributed by atoms with E-state index in [9.17, 15) is 19.3 Å². The van der Waals surface area contributed by atoms with Gasteiger partial charge in [-0.2, -0.15) is 0 Å². The molecule has 0 heterocycles. The number of ketones is 1. The first-order chi connectivity index (χ1) is 8.92. The van der Waals surface area contributed by atoms with Crippen LogP contribution in [0.25, 0.3) is 0 Å². The average Bonchev–Trinajstić information content (AvgIpc) is 2.38. The van der Waals surface area contributed by atoms with Crippen molar-refractivity contribution in [3.05, 3.63) is 69.8 Å². The van der Waals surface area contributed by atoms with Crippen LogP contribution in [0.1, 0.15) is 10.4 Å². The van der Waals surface area contributed by atoms with Gasteiger partial charge in [0.1, 0.15) is 0 Å². The van der Waals surface area contributed by atoms with Crippen molar-refractivity contribution in [3.63, 3.8) is 0 Å². The molecule has 1 aromatic rings. The van der Waals surface area contributed by atoms with E-state index in [2.05, 4.69) is 0 Å². The molecule has 0 saturated heterocycles. The summed E-state index contributed by atoms with van der Waals surface area (Å²) < 4.78 is 13.7. The van der Waals surface area contributed by atoms with E-state index in [-0.39, 0.29) is 5.57 Å². The fourth-order valence-electron chi connectivity index (χ4n) is 1.75. The van der Waals surface area contributed by atoms with Crippen LogP contribution in [0.15, 0.2) is 54.1 Å². The molecule has 19 heavy (non-hydrogen) atoms. The maximum atomic E-state index is 13.7. The molecule has 0 amide bonds. The first-order valence-electron chi connectivity index (χ1n) is 5.44. The number of carbonyl (C=O) groups is 1. The van der Waals surface area contributed by atoms with Crippen LogP contribution in [0.3, 0.4) is 0 Å². The number of benzene rings is 1. The molecule has 0 aromatic heterocycles. The standard InChI is InChI=1S/C13H9ClFNO3/c14-13(15)7-6-10(8-11(13)16(18)19)12(17)9-4-2-1-3-5-9/h1-8,11H. The van der Waals surface area contributed by atoms with Crippen molar-refractivity contribution >= 4 is 17.4 Å². The normalized spacial score (nSPS) is 25.8. The number of rotatable bonds is 3. The van der Waals surface area contributed by atoms with Gasteiger partial charge in [0, 0.05) is 22.1 Å². The quantitative estimate of drug-likeness (QED) is 0.370. The Labute approximate surface area is 113 Å². The minimum absolute atomic E-state index is 0.0572. The van der Waals surface area contributed by atoms with Crippen LogP contribution in [0.5, 0.6) is 0 Å². The Morgan fingerprint density at radius 2 is 2.00 bits per heavy atom. The van der Waals surface area contributed by atoms with Gasteiger partial charge in [-0.05, 0) is 6.08 Å². The number of alkyl halides is 2. The summed E-state index contributed by atoms with van der Waals surface area (Å²) in [4.78, 5) is 22.0. The molecule has 4 nitrogen and oxygen atoms in total. The van der Waals surface area contributed by atoms with Crippen LogP contribution in [-0.2, 0) is 0 Å². The lowest BCUT2D eigenvalue weighted by atomic mass is 9.95. The minimum atomic E-state index is -2.61. The lowest BCUT2D eigenvalue weighted by molar-refractivity contribution is -0.519. The van der Waals surface area contributed by atoms with Gasteiger partial charge in [-0.1, -0.05) is 48.0 Å². The highest BCUT2D eigenvalue weighted by Gasteiger charge is 2.45. The molecule has 2 rings (SSSR count). The number of hydrogen-bond donors (Lipinski definition) is 0. The van der Waals surface area contributed by atoms with Crippen molar-refractivity contribution in [2.24, 2.45) is 0 Å². The summed E-state index contributed by atoms with van der Waals surface area (Å²) in [7, 11) is 0. The zero-order valence-corrected chi connectivity index (χ0v) is 10.4. The molecule has 2 atom stereocenters. The summed E-state index contributed by atoms with van der Waals surface area (Å²) in [6.45, 7) is 0. The van der Waals surface area contributed by atoms with Gasteiger partial charge in [0.25, 0.3) is 11.2 Å². The van der Waals surface area contributed by atoms with Gasteiger partial charge in [-0.25, -0.2) is 4.39 Å². The fraction of sp³-hybridized carbons (Fsp3) is 0.154. The third kappa shape index (κ3) is 2.71. The van der Waals surface area contributed by atoms with E-state index in [1.807, 2.05) is 0 Å². The second-order valence-corrected chi connectivity index (χ2v) is 4.63. The summed E-state index contributed by atoms with van der Waals surface area (Å²) in [6, 6.07) is 6.47. The number of allylic oxidation sites excluding steroid dienone is 2. The van der Waals surface area contributed by atoms with Crippen LogP contribution >= 0.6 is 11.6 Å². The molecule has 0 radical (unpaired) electrons. The Kier molecular flexibility index (Phi) is 3.48. The van der Waals surface area contributed by atoms with E-state index < -0.39 is 21.9 Å². The Bertz CT molecular complexity index is 581. The largest absolute Gasteiger partial charge is 0.289 e. The molecule has 6 heteroatoms. The van der Waals surface area contributed by atoms with E-state index in [1.54, 1.807) is 30.3 Å². The molecule has 0 aliphatic heterocycles. The first-order valence-corrected chi connectivity index (χ1v) is 5.82. The molecule has 0 bridgehead atoms. The molecular formula is C13H9ClFNO3. The van der Waals surface area contributed by atoms with Crippen molar-refractivity contribution in [1.29, 1.82) is 0 Å². The van der Waals surface area contributed by atoms with Crippen LogP contribution in [0.2, 0.25) is 0 Å². The molecule has 2 unspecified atom stereocenters. The van der Waals surface area contributed by atoms with Crippen molar-refractivity contribution in [3.8, 4) is 0 Å². The Balaban J connectivity index is 2.34. The van der Waals surface area contributed by atoms with Gasteiger partial charge >= 0.3 is 0 Å². The predicted molar refractivity (Wildman–Crippen MR) is 68.5 cm³/mol. The summed E-state index contributed by atoms with van der Waals surface area (Å²) in [5.41, 5.74) is 0.434. The second kappa shape index (κ2) is 4.93. The van der Waals surface area contributed by atoms with Gasteiger partial charge in [-0.3, -0.25) is 14.9 Å². The molecule has 0 spiro atoms. The van der Waals surface area contributed by atoms with Crippen LogP contribution in [0.4, 0.5) is 4.39 Å². The fourth-order valence-corrected chi connectivity index (χ4v) is 1.95. The van der Waals surface area contributed by atoms with E-state index in [0.29, 0.717) is 5.56 Å². The van der Waals surface area contributed by atoms with Crippen molar-refractivity contribution in [2.45, 2.75) is 11.2 Å². The first kappa shape index (κ1) is 13.4. The highest BCUT2D eigenvalue weighted by Crippen LogP contribution is 2.32. The van der Waals surface area contributed by atoms with Crippen molar-refractivity contribution in [2.75, 3.05) is 0 Å². The topological polar surface area (TPSA) is 60.2 Å². The number of carbonyl (C=O) groups excluding carboxylic acids is 1. The van der Waals surface area contributed by atoms with Crippen LogP contribution in [0, 0.1) is 10.1 Å². The van der Waals surface area contributed by atoms with Crippen LogP contribution < -0.4 is 0 Å². The van der Waals surface area contributed by atoms with Gasteiger partial charge in [0.15, 0.2) is 5.78 Å². The average molecular weight is 282 g/mol. The highest BCUT2D eigenvalue weighted by molar-refractivity contribution is 6.25. The van der Waals surface area contributed by atoms with E-state index >= 15 is 0 Å². The van der Waals surface area contributed by atoms with Crippen molar-refractivity contribution < 1.29 is 14.1 Å². The van der Waals surface area contributed by atoms with E-state index in [4.69, 9.17) is 11.6 Å². The zero-order valence-electron chi connectivity index (χ0n) is 9.62. The van der Waals surface area contributed by atoms with E-state index in [0.717, 1.165) is 12.2 Å². The highest BCUT2D eigenvalue weighted by atomic mass is 35.5. The number of halogens is 2. The summed E-state index contributed by atoms with van der Waals surface area (Å²) in [5, 5.41) is 8.16. The van der Waals surface area contributed by atoms with Crippen molar-refractivity contribution in [1.82, 2.24) is 0 Å². The Hall–Kier alpha value is -2.01. The number of nitro groups is 1. The van der Waals surface area contributed by atoms with Gasteiger partial charge in [-0.15, -0.1) is 0 Å². The molecular weight excluding hydrogens is 273 g/mol. The Morgan fingerprint density at radius 1 is 1.37 bits per heavy atom. The minimum Gasteiger partial charge on any atom is -0.289 e. The molecule has 1 aliphatic rings. The lowest BCUT2D eigenvalue weighted by Crippen LogP contribution is -2.38. The Morgan fingerprint density at radius 3 is 2.58 bits per heavy atom. The molecule has 0 N–H and O–H groups in total. The molecule has 98 valence electrons. The van der Waals surface area contributed by atoms with Gasteiger partial charge in [0.2, 0.25) is 0 Å². The summed E-state index contributed by atoms with van der Waals surface area (Å²) >= 11 is 5.40. The summed E-state index contributed by atoms with van der Waals surface area (Å²) in [5.74, 6) is -0.407. The predicted octanol–water partition coefficient (Wildman–Crippen LogP) is 2.92. The molecule has 0 fully saturated rings. The molecule has 1 aromatic carbocycles. The SMILES string of the molecule is O=C(C1=CC([N+](=O)[O-])C(F)(Cl)C=C1)c1ccccc1. The third-order valence-corrected chi connectivity index (χ3v) is 3.09. The zero-order chi connectivity index (χ0) is 14.0. The molecule has 1 aliphatic carbocycles. The van der Waals surface area contributed by atoms with Crippen LogP contribution in [-0.4, -0.2) is 21.9 Å². The number of nitrogens with zero attached hydrogens (tertiary/aromatic N) is 1. The smallest absolute Gasteiger partial charge is 0.283 e. The third-order valence-electron chi connectivity index (χ3n) is 2.74. The maximum Gasteiger partial charge on any atom is 0.283 e.